The zero-order valence-electron chi connectivity index (χ0n) is 21.6. The Hall–Kier alpha value is -4.44. The molecule has 0 radical (unpaired) electrons. The number of benzene rings is 2. The number of para-hydroxylation sites is 1. The topological polar surface area (TPSA) is 128 Å². The van der Waals surface area contributed by atoms with Crippen molar-refractivity contribution in [2.24, 2.45) is 0 Å². The summed E-state index contributed by atoms with van der Waals surface area (Å²) in [5.41, 5.74) is 2.59. The average molecular weight is 557 g/mol. The van der Waals surface area contributed by atoms with Crippen molar-refractivity contribution >= 4 is 34.3 Å². The highest BCUT2D eigenvalue weighted by atomic mass is 35.5. The molecule has 10 nitrogen and oxygen atoms in total. The van der Waals surface area contributed by atoms with Crippen LogP contribution in [0.2, 0.25) is 5.02 Å². The van der Waals surface area contributed by atoms with Crippen LogP contribution in [0.5, 0.6) is 0 Å². The molecule has 40 heavy (non-hydrogen) atoms. The Labute approximate surface area is 233 Å². The van der Waals surface area contributed by atoms with Gasteiger partial charge in [0.05, 0.1) is 10.5 Å². The first-order valence-corrected chi connectivity index (χ1v) is 13.6. The Morgan fingerprint density at radius 3 is 2.55 bits per heavy atom. The van der Waals surface area contributed by atoms with Crippen molar-refractivity contribution in [1.82, 2.24) is 30.5 Å². The molecule has 2 N–H and O–H groups in total. The molecule has 2 aromatic carbocycles. The Balaban J connectivity index is 1.07. The van der Waals surface area contributed by atoms with Gasteiger partial charge in [0, 0.05) is 29.6 Å². The summed E-state index contributed by atoms with van der Waals surface area (Å²) in [7, 11) is 0. The Bertz CT molecular complexity index is 1760. The SMILES string of the molecule is Cc1noc(-c2c(Cl)c3ccccc3n2-c2ccc(CNC(=O)C3(NC(=O)c4cc(C5CC5)on4)CC3)cc2)n1. The zero-order chi connectivity index (χ0) is 27.4. The molecule has 2 aliphatic carbocycles. The summed E-state index contributed by atoms with van der Waals surface area (Å²) in [6.07, 6.45) is 3.27. The first kappa shape index (κ1) is 24.6. The molecule has 0 aliphatic heterocycles. The fourth-order valence-electron chi connectivity index (χ4n) is 4.94. The summed E-state index contributed by atoms with van der Waals surface area (Å²) in [6, 6.07) is 17.3. The summed E-state index contributed by atoms with van der Waals surface area (Å²) < 4.78 is 12.7. The number of aromatic nitrogens is 4. The van der Waals surface area contributed by atoms with Gasteiger partial charge < -0.3 is 24.2 Å². The molecule has 0 bridgehead atoms. The van der Waals surface area contributed by atoms with Crippen LogP contribution in [0, 0.1) is 6.92 Å². The lowest BCUT2D eigenvalue weighted by Gasteiger charge is -2.17. The average Bonchev–Trinajstić information content (AvgIpc) is 3.84. The van der Waals surface area contributed by atoms with Gasteiger partial charge in [-0.15, -0.1) is 0 Å². The highest BCUT2D eigenvalue weighted by molar-refractivity contribution is 6.38. The second kappa shape index (κ2) is 9.34. The van der Waals surface area contributed by atoms with Gasteiger partial charge in [0.15, 0.2) is 11.5 Å². The van der Waals surface area contributed by atoms with E-state index in [0.29, 0.717) is 47.7 Å². The van der Waals surface area contributed by atoms with Gasteiger partial charge in [0.1, 0.15) is 17.0 Å². The van der Waals surface area contributed by atoms with Crippen LogP contribution in [0.4, 0.5) is 0 Å². The number of rotatable bonds is 8. The number of nitrogens with one attached hydrogen (secondary N) is 2. The van der Waals surface area contributed by atoms with Crippen LogP contribution in [0.1, 0.15) is 59.2 Å². The molecule has 0 saturated heterocycles. The molecule has 202 valence electrons. The molecule has 2 aliphatic rings. The van der Waals surface area contributed by atoms with E-state index < -0.39 is 11.4 Å². The molecule has 5 aromatic rings. The summed E-state index contributed by atoms with van der Waals surface area (Å²) in [5.74, 6) is 1.34. The minimum Gasteiger partial charge on any atom is -0.360 e. The normalized spacial score (nSPS) is 15.8. The van der Waals surface area contributed by atoms with Gasteiger partial charge in [-0.2, -0.15) is 4.98 Å². The van der Waals surface area contributed by atoms with E-state index in [-0.39, 0.29) is 11.6 Å². The maximum atomic E-state index is 13.0. The van der Waals surface area contributed by atoms with Crippen molar-refractivity contribution in [1.29, 1.82) is 0 Å². The van der Waals surface area contributed by atoms with E-state index in [0.717, 1.165) is 40.8 Å². The quantitative estimate of drug-likeness (QED) is 0.272. The molecule has 3 heterocycles. The maximum absolute atomic E-state index is 13.0. The number of halogens is 1. The van der Waals surface area contributed by atoms with E-state index in [1.165, 1.54) is 0 Å². The smallest absolute Gasteiger partial charge is 0.276 e. The van der Waals surface area contributed by atoms with E-state index in [1.54, 1.807) is 13.0 Å². The molecular formula is C29H25ClN6O4. The third-order valence-corrected chi connectivity index (χ3v) is 7.85. The van der Waals surface area contributed by atoms with Gasteiger partial charge in [0.25, 0.3) is 11.8 Å². The predicted molar refractivity (Wildman–Crippen MR) is 146 cm³/mol. The van der Waals surface area contributed by atoms with Crippen LogP contribution in [-0.4, -0.2) is 37.2 Å². The number of carbonyl (C=O) groups is 2. The number of carbonyl (C=O) groups excluding carboxylic acids is 2. The molecule has 2 fully saturated rings. The van der Waals surface area contributed by atoms with Crippen molar-refractivity contribution in [2.45, 2.75) is 50.6 Å². The summed E-state index contributed by atoms with van der Waals surface area (Å²) in [6.45, 7) is 2.07. The van der Waals surface area contributed by atoms with Crippen molar-refractivity contribution in [3.8, 4) is 17.3 Å². The largest absolute Gasteiger partial charge is 0.360 e. The molecule has 2 amide bonds. The van der Waals surface area contributed by atoms with E-state index in [9.17, 15) is 9.59 Å². The van der Waals surface area contributed by atoms with Gasteiger partial charge in [-0.1, -0.05) is 52.2 Å². The van der Waals surface area contributed by atoms with E-state index in [1.807, 2.05) is 53.1 Å². The van der Waals surface area contributed by atoms with E-state index in [2.05, 4.69) is 25.9 Å². The second-order valence-corrected chi connectivity index (χ2v) is 10.8. The Kier molecular flexibility index (Phi) is 5.74. The Morgan fingerprint density at radius 1 is 1.07 bits per heavy atom. The lowest BCUT2D eigenvalue weighted by molar-refractivity contribution is -0.124. The zero-order valence-corrected chi connectivity index (χ0v) is 22.4. The second-order valence-electron chi connectivity index (χ2n) is 10.4. The van der Waals surface area contributed by atoms with Crippen molar-refractivity contribution in [2.75, 3.05) is 0 Å². The molecule has 2 saturated carbocycles. The summed E-state index contributed by atoms with van der Waals surface area (Å²) in [5, 5.41) is 15.0. The van der Waals surface area contributed by atoms with Crippen molar-refractivity contribution in [3.63, 3.8) is 0 Å². The first-order chi connectivity index (χ1) is 19.4. The fraction of sp³-hybridized carbons (Fsp3) is 0.276. The lowest BCUT2D eigenvalue weighted by Crippen LogP contribution is -2.48. The first-order valence-electron chi connectivity index (χ1n) is 13.2. The maximum Gasteiger partial charge on any atom is 0.276 e. The minimum atomic E-state index is -0.909. The lowest BCUT2D eigenvalue weighted by atomic mass is 10.1. The number of hydrogen-bond donors (Lipinski definition) is 2. The van der Waals surface area contributed by atoms with Gasteiger partial charge in [-0.3, -0.25) is 9.59 Å². The number of aryl methyl sites for hydroxylation is 1. The summed E-state index contributed by atoms with van der Waals surface area (Å²) >= 11 is 6.78. The number of hydrogen-bond acceptors (Lipinski definition) is 7. The molecule has 0 unspecified atom stereocenters. The van der Waals surface area contributed by atoms with E-state index >= 15 is 0 Å². The van der Waals surface area contributed by atoms with Gasteiger partial charge in [-0.05, 0) is 56.4 Å². The van der Waals surface area contributed by atoms with Gasteiger partial charge in [-0.25, -0.2) is 0 Å². The van der Waals surface area contributed by atoms with Crippen LogP contribution < -0.4 is 10.6 Å². The van der Waals surface area contributed by atoms with Crippen LogP contribution in [0.25, 0.3) is 28.2 Å². The number of nitrogens with zero attached hydrogens (tertiary/aromatic N) is 4. The van der Waals surface area contributed by atoms with Crippen LogP contribution in [-0.2, 0) is 11.3 Å². The fourth-order valence-corrected chi connectivity index (χ4v) is 5.26. The van der Waals surface area contributed by atoms with Gasteiger partial charge >= 0.3 is 0 Å². The predicted octanol–water partition coefficient (Wildman–Crippen LogP) is 5.09. The van der Waals surface area contributed by atoms with Crippen LogP contribution >= 0.6 is 11.6 Å². The third kappa shape index (κ3) is 4.34. The number of amides is 2. The molecule has 7 rings (SSSR count). The standard InChI is InChI=1S/C29H25ClN6O4/c1-16-32-27(40-34-16)25-24(30)20-4-2-3-5-22(20)36(25)19-10-6-17(7-11-19)15-31-28(38)29(12-13-29)33-26(37)21-14-23(39-35-21)18-8-9-18/h2-7,10-11,14,18H,8-9,12-13,15H2,1H3,(H,31,38)(H,33,37). The third-order valence-electron chi connectivity index (χ3n) is 7.47. The van der Waals surface area contributed by atoms with Crippen molar-refractivity contribution in [3.05, 3.63) is 82.5 Å². The number of fused-ring (bicyclic) bond motifs is 1. The molecule has 0 spiro atoms. The Morgan fingerprint density at radius 2 is 1.85 bits per heavy atom. The molecule has 11 heteroatoms. The molecular weight excluding hydrogens is 532 g/mol. The summed E-state index contributed by atoms with van der Waals surface area (Å²) in [4.78, 5) is 30.1. The van der Waals surface area contributed by atoms with Crippen molar-refractivity contribution < 1.29 is 18.6 Å². The highest BCUT2D eigenvalue weighted by Gasteiger charge is 2.51. The molecule has 0 atom stereocenters. The monoisotopic (exact) mass is 556 g/mol. The van der Waals surface area contributed by atoms with E-state index in [4.69, 9.17) is 20.6 Å². The highest BCUT2D eigenvalue weighted by Crippen LogP contribution is 2.41. The van der Waals surface area contributed by atoms with Crippen LogP contribution in [0.15, 0.2) is 63.6 Å². The molecule has 3 aromatic heterocycles. The van der Waals surface area contributed by atoms with Crippen LogP contribution in [0.3, 0.4) is 0 Å². The van der Waals surface area contributed by atoms with Gasteiger partial charge in [0.2, 0.25) is 5.91 Å². The minimum absolute atomic E-state index is 0.212.